The first-order valence-electron chi connectivity index (χ1n) is 43.8. The second kappa shape index (κ2) is 28.1. The average molecular weight is 1690 g/mol. The molecule has 0 N–H and O–H groups in total. The summed E-state index contributed by atoms with van der Waals surface area (Å²) in [6, 6.07) is 144. The number of pyridine rings is 2. The highest BCUT2D eigenvalue weighted by Crippen LogP contribution is 2.66. The Balaban J connectivity index is 0.579. The van der Waals surface area contributed by atoms with Gasteiger partial charge in [0, 0.05) is 102 Å². The van der Waals surface area contributed by atoms with Gasteiger partial charge in [-0.05, 0) is 192 Å². The predicted molar refractivity (Wildman–Crippen MR) is 525 cm³/mol. The molecular formula is C118H66N8O2S2. The first kappa shape index (κ1) is 72.9. The van der Waals surface area contributed by atoms with E-state index in [-0.39, 0.29) is 0 Å². The van der Waals surface area contributed by atoms with E-state index in [0.29, 0.717) is 40.5 Å². The molecule has 0 radical (unpaired) electrons. The van der Waals surface area contributed by atoms with E-state index in [4.69, 9.17) is 48.7 Å². The SMILES string of the molecule is c1ccc(-c2nc(-c3ccc4nc(-c5ccccc5)c5cc6c(cc5c4c3)C3(c4ccccc4S6)c4ccccc4-c4ccccc43)nc(-c3cccc4c3oc3cc(-c5ccc(-c6nc7ccc(-c8nc(-c9ccccc9)nc(-c9cccc%10oc%11ccccc%11c9%10)n8)cc7c7cc8c(cc67)Sc6ccccc6C86c7ccccc7-c7ccccc76)cc5)ccc34)n2)cc1. The van der Waals surface area contributed by atoms with Crippen molar-refractivity contribution in [3.63, 3.8) is 0 Å². The molecule has 4 aliphatic rings. The van der Waals surface area contributed by atoms with Crippen molar-refractivity contribution < 1.29 is 8.83 Å². The standard InChI is InChI=1S/C118H66N8O2S2/c1-4-26-68(27-5-1)108-88-65-105-96(117(94-44-19-22-48-103(94)129-105)90-40-15-10-32-75(90)76-33-11-16-41-91(76)117)63-84(88)86-61-74(56-58-98(86)119-108)114-122-112(71-30-8-3-9-31-71)124-116(126-114)83-39-24-37-80-79-57-54-72(62-102(79)128-110(80)83)67-50-52-69(53-51-67)109-89-66-106-97(118(95-45-20-23-49-104(95)130-106)92-42-17-12-34-77(92)78-35-13-18-43-93(78)118)64-85(89)87-60-73(55-59-99(87)120-109)113-121-111(70-28-6-2-7-29-70)123-115(125-113)82-38-25-47-101-107(82)81-36-14-21-46-100(81)127-101/h1-66H. The van der Waals surface area contributed by atoms with Gasteiger partial charge in [-0.3, -0.25) is 0 Å². The molecule has 6 aromatic heterocycles. The monoisotopic (exact) mass is 1690 g/mol. The van der Waals surface area contributed by atoms with E-state index in [2.05, 4.69) is 334 Å². The minimum absolute atomic E-state index is 0.494. The zero-order chi connectivity index (χ0) is 85.0. The van der Waals surface area contributed by atoms with E-state index in [0.717, 1.165) is 149 Å². The smallest absolute Gasteiger partial charge is 0.167 e. The number of hydrogen-bond donors (Lipinski definition) is 0. The van der Waals surface area contributed by atoms with Crippen LogP contribution in [0.1, 0.15) is 44.5 Å². The van der Waals surface area contributed by atoms with Gasteiger partial charge in [-0.25, -0.2) is 39.9 Å². The minimum atomic E-state index is -0.633. The van der Waals surface area contributed by atoms with Crippen LogP contribution >= 0.6 is 23.5 Å². The Morgan fingerprint density at radius 1 is 0.185 bits per heavy atom. The predicted octanol–water partition coefficient (Wildman–Crippen LogP) is 29.9. The molecule has 130 heavy (non-hydrogen) atoms. The minimum Gasteiger partial charge on any atom is -0.456 e. The molecule has 0 unspecified atom stereocenters. The number of fused-ring (bicyclic) bond motifs is 30. The molecule has 0 bridgehead atoms. The summed E-state index contributed by atoms with van der Waals surface area (Å²) in [5, 5.41) is 10.1. The van der Waals surface area contributed by atoms with Crippen LogP contribution in [0.4, 0.5) is 0 Å². The summed E-state index contributed by atoms with van der Waals surface area (Å²) < 4.78 is 13.7. The Labute approximate surface area is 753 Å². The molecule has 24 aromatic rings. The molecule has 2 aliphatic carbocycles. The van der Waals surface area contributed by atoms with Gasteiger partial charge in [-0.2, -0.15) is 0 Å². The van der Waals surface area contributed by atoms with Gasteiger partial charge in [0.25, 0.3) is 0 Å². The number of hydrogen-bond acceptors (Lipinski definition) is 12. The number of nitrogens with zero attached hydrogens (tertiary/aromatic N) is 8. The molecule has 0 atom stereocenters. The molecule has 0 amide bonds. The maximum atomic E-state index is 7.20. The van der Waals surface area contributed by atoms with Gasteiger partial charge >= 0.3 is 0 Å². The van der Waals surface area contributed by atoms with Crippen molar-refractivity contribution in [2.75, 3.05) is 0 Å². The number of rotatable bonds is 9. The fraction of sp³-hybridized carbons (Fsp3) is 0.0169. The van der Waals surface area contributed by atoms with E-state index in [1.54, 1.807) is 0 Å². The Kier molecular flexibility index (Phi) is 15.7. The summed E-state index contributed by atoms with van der Waals surface area (Å²) in [4.78, 5) is 48.5. The maximum Gasteiger partial charge on any atom is 0.167 e. The first-order valence-corrected chi connectivity index (χ1v) is 45.5. The number of furan rings is 2. The summed E-state index contributed by atoms with van der Waals surface area (Å²) in [7, 11) is 0. The lowest BCUT2D eigenvalue weighted by Gasteiger charge is -2.40. The largest absolute Gasteiger partial charge is 0.456 e. The van der Waals surface area contributed by atoms with E-state index >= 15 is 0 Å². The molecule has 0 saturated heterocycles. The molecule has 18 aromatic carbocycles. The highest BCUT2D eigenvalue weighted by molar-refractivity contribution is 7.99. The van der Waals surface area contributed by atoms with E-state index < -0.39 is 10.8 Å². The molecule has 28 rings (SSSR count). The quantitative estimate of drug-likeness (QED) is 0.128. The molecule has 602 valence electrons. The fourth-order valence-corrected chi connectivity index (χ4v) is 24.1. The molecule has 8 heterocycles. The van der Waals surface area contributed by atoms with Crippen LogP contribution < -0.4 is 0 Å². The second-order valence-corrected chi connectivity index (χ2v) is 36.3. The van der Waals surface area contributed by atoms with E-state index in [9.17, 15) is 0 Å². The number of benzene rings is 18. The number of para-hydroxylation sites is 2. The lowest BCUT2D eigenvalue weighted by molar-refractivity contribution is 0.669. The molecule has 2 spiro atoms. The summed E-state index contributed by atoms with van der Waals surface area (Å²) in [6.45, 7) is 0. The van der Waals surface area contributed by atoms with Crippen molar-refractivity contribution in [2.45, 2.75) is 30.4 Å². The molecule has 0 saturated carbocycles. The van der Waals surface area contributed by atoms with Gasteiger partial charge in [0.1, 0.15) is 22.3 Å². The lowest BCUT2D eigenvalue weighted by atomic mass is 9.67. The molecule has 12 heteroatoms. The van der Waals surface area contributed by atoms with Crippen LogP contribution in [0.5, 0.6) is 0 Å². The van der Waals surface area contributed by atoms with Gasteiger partial charge in [-0.15, -0.1) is 0 Å². The molecule has 0 fully saturated rings. The van der Waals surface area contributed by atoms with Gasteiger partial charge in [0.2, 0.25) is 0 Å². The third kappa shape index (κ3) is 10.7. The lowest BCUT2D eigenvalue weighted by Crippen LogP contribution is -2.32. The van der Waals surface area contributed by atoms with Crippen LogP contribution in [0.15, 0.2) is 429 Å². The Morgan fingerprint density at radius 2 is 0.569 bits per heavy atom. The summed E-state index contributed by atoms with van der Waals surface area (Å²) in [5.41, 5.74) is 29.5. The van der Waals surface area contributed by atoms with Gasteiger partial charge in [0.05, 0.1) is 38.8 Å². The van der Waals surface area contributed by atoms with Crippen molar-refractivity contribution in [1.82, 2.24) is 39.9 Å². The molecular weight excluding hydrogens is 1630 g/mol. The van der Waals surface area contributed by atoms with Gasteiger partial charge < -0.3 is 8.83 Å². The van der Waals surface area contributed by atoms with Crippen LogP contribution in [0.3, 0.4) is 0 Å². The van der Waals surface area contributed by atoms with Crippen molar-refractivity contribution in [2.24, 2.45) is 0 Å². The molecule has 2 aliphatic heterocycles. The third-order valence-electron chi connectivity index (χ3n) is 27.3. The van der Waals surface area contributed by atoms with Crippen molar-refractivity contribution in [3.05, 3.63) is 445 Å². The van der Waals surface area contributed by atoms with Crippen LogP contribution in [-0.2, 0) is 10.8 Å². The highest BCUT2D eigenvalue weighted by atomic mass is 32.2. The Hall–Kier alpha value is -16.4. The van der Waals surface area contributed by atoms with Crippen molar-refractivity contribution in [1.29, 1.82) is 0 Å². The van der Waals surface area contributed by atoms with E-state index in [1.807, 2.05) is 90.3 Å². The first-order chi connectivity index (χ1) is 64.4. The van der Waals surface area contributed by atoms with Crippen molar-refractivity contribution in [3.8, 4) is 124 Å². The number of aromatic nitrogens is 8. The van der Waals surface area contributed by atoms with Crippen LogP contribution in [0.2, 0.25) is 0 Å². The topological polar surface area (TPSA) is 129 Å². The van der Waals surface area contributed by atoms with Crippen molar-refractivity contribution >= 4 is 111 Å². The zero-order valence-electron chi connectivity index (χ0n) is 69.3. The maximum absolute atomic E-state index is 7.20. The van der Waals surface area contributed by atoms with Crippen LogP contribution in [-0.4, -0.2) is 39.9 Å². The molecule has 10 nitrogen and oxygen atoms in total. The normalized spacial score (nSPS) is 13.4. The zero-order valence-corrected chi connectivity index (χ0v) is 70.9. The highest BCUT2D eigenvalue weighted by Gasteiger charge is 2.52. The van der Waals surface area contributed by atoms with Gasteiger partial charge in [0.15, 0.2) is 34.9 Å². The van der Waals surface area contributed by atoms with Crippen LogP contribution in [0, 0.1) is 0 Å². The third-order valence-corrected chi connectivity index (χ3v) is 29.6. The van der Waals surface area contributed by atoms with Crippen LogP contribution in [0.25, 0.3) is 211 Å². The fourth-order valence-electron chi connectivity index (χ4n) is 21.6. The van der Waals surface area contributed by atoms with Gasteiger partial charge in [-0.1, -0.05) is 321 Å². The Bertz CT molecular complexity index is 8930. The van der Waals surface area contributed by atoms with E-state index in [1.165, 1.54) is 86.3 Å². The average Bonchev–Trinajstić information content (AvgIpc) is 1.46. The Morgan fingerprint density at radius 3 is 1.10 bits per heavy atom. The summed E-state index contributed by atoms with van der Waals surface area (Å²) >= 11 is 3.69. The summed E-state index contributed by atoms with van der Waals surface area (Å²) in [5.74, 6) is 3.23. The second-order valence-electron chi connectivity index (χ2n) is 34.1. The summed E-state index contributed by atoms with van der Waals surface area (Å²) in [6.07, 6.45) is 0.